The lowest BCUT2D eigenvalue weighted by molar-refractivity contribution is 0.586. The summed E-state index contributed by atoms with van der Waals surface area (Å²) in [6.07, 6.45) is 0. The van der Waals surface area contributed by atoms with Crippen LogP contribution in [-0.2, 0) is 0 Å². The molecule has 0 amide bonds. The van der Waals surface area contributed by atoms with Gasteiger partial charge in [0.1, 0.15) is 0 Å². The van der Waals surface area contributed by atoms with Crippen LogP contribution >= 0.6 is 23.1 Å². The minimum absolute atomic E-state index is 0.549. The zero-order valence-electron chi connectivity index (χ0n) is 13.3. The maximum atomic E-state index is 5.87. The van der Waals surface area contributed by atoms with Gasteiger partial charge in [0.2, 0.25) is 5.89 Å². The molecule has 1 aliphatic heterocycles. The van der Waals surface area contributed by atoms with E-state index in [1.165, 1.54) is 21.2 Å². The lowest BCUT2D eigenvalue weighted by Crippen LogP contribution is -2.14. The zero-order chi connectivity index (χ0) is 16.8. The summed E-state index contributed by atoms with van der Waals surface area (Å²) < 4.78 is 5.87. The number of fused-ring (bicyclic) bond motifs is 2. The Morgan fingerprint density at radius 2 is 1.72 bits per heavy atom. The Kier molecular flexibility index (Phi) is 3.39. The van der Waals surface area contributed by atoms with Crippen molar-refractivity contribution >= 4 is 34.5 Å². The second kappa shape index (κ2) is 5.75. The van der Waals surface area contributed by atoms with Crippen LogP contribution in [-0.4, -0.2) is 17.2 Å². The first-order valence-electron chi connectivity index (χ1n) is 7.82. The number of anilines is 2. The van der Waals surface area contributed by atoms with Crippen molar-refractivity contribution < 1.29 is 4.42 Å². The zero-order valence-corrected chi connectivity index (χ0v) is 15.0. The first-order chi connectivity index (χ1) is 12.3. The van der Waals surface area contributed by atoms with Crippen molar-refractivity contribution in [3.8, 4) is 22.2 Å². The van der Waals surface area contributed by atoms with E-state index in [4.69, 9.17) is 4.42 Å². The van der Waals surface area contributed by atoms with Crippen LogP contribution in [0, 0.1) is 0 Å². The van der Waals surface area contributed by atoms with E-state index < -0.39 is 0 Å². The van der Waals surface area contributed by atoms with Gasteiger partial charge in [-0.2, -0.15) is 0 Å². The molecule has 0 fully saturated rings. The fourth-order valence-corrected chi connectivity index (χ4v) is 4.75. The third kappa shape index (κ3) is 2.45. The number of hydrogen-bond donors (Lipinski definition) is 0. The minimum Gasteiger partial charge on any atom is -0.415 e. The molecule has 122 valence electrons. The third-order valence-electron chi connectivity index (χ3n) is 4.17. The van der Waals surface area contributed by atoms with Crippen LogP contribution in [0.15, 0.2) is 74.2 Å². The first-order valence-corrected chi connectivity index (χ1v) is 9.51. The van der Waals surface area contributed by atoms with E-state index in [1.807, 2.05) is 23.6 Å². The van der Waals surface area contributed by atoms with Crippen molar-refractivity contribution in [2.75, 3.05) is 11.9 Å². The van der Waals surface area contributed by atoms with Gasteiger partial charge in [-0.25, -0.2) is 0 Å². The second-order valence-corrected chi connectivity index (χ2v) is 7.73. The topological polar surface area (TPSA) is 42.2 Å². The molecule has 1 aliphatic rings. The molecule has 4 nitrogen and oxygen atoms in total. The number of aromatic nitrogens is 2. The SMILES string of the molecule is CN1c2ccccc2Sc2cc(-c3nnc(-c4cccs4)o3)ccc21. The summed E-state index contributed by atoms with van der Waals surface area (Å²) in [5, 5.41) is 10.4. The lowest BCUT2D eigenvalue weighted by atomic mass is 10.1. The number of rotatable bonds is 2. The van der Waals surface area contributed by atoms with E-state index in [1.54, 1.807) is 23.1 Å². The molecule has 4 aromatic rings. The van der Waals surface area contributed by atoms with E-state index in [2.05, 4.69) is 58.5 Å². The molecule has 0 saturated carbocycles. The van der Waals surface area contributed by atoms with Gasteiger partial charge in [-0.05, 0) is 41.8 Å². The van der Waals surface area contributed by atoms with Crippen LogP contribution < -0.4 is 4.90 Å². The Morgan fingerprint density at radius 3 is 2.60 bits per heavy atom. The molecule has 0 atom stereocenters. The molecule has 2 aromatic heterocycles. The van der Waals surface area contributed by atoms with Crippen LogP contribution in [0.1, 0.15) is 0 Å². The van der Waals surface area contributed by atoms with Crippen molar-refractivity contribution in [3.05, 3.63) is 60.0 Å². The number of para-hydroxylation sites is 1. The Hall–Kier alpha value is -2.57. The highest BCUT2D eigenvalue weighted by molar-refractivity contribution is 7.99. The summed E-state index contributed by atoms with van der Waals surface area (Å²) in [5.41, 5.74) is 3.35. The van der Waals surface area contributed by atoms with Crippen molar-refractivity contribution in [3.63, 3.8) is 0 Å². The van der Waals surface area contributed by atoms with Crippen LogP contribution in [0.2, 0.25) is 0 Å². The molecular formula is C19H13N3OS2. The van der Waals surface area contributed by atoms with E-state index in [0.29, 0.717) is 11.8 Å². The Bertz CT molecular complexity index is 1060. The molecule has 6 heteroatoms. The molecule has 25 heavy (non-hydrogen) atoms. The summed E-state index contributed by atoms with van der Waals surface area (Å²) in [6.45, 7) is 0. The summed E-state index contributed by atoms with van der Waals surface area (Å²) in [4.78, 5) is 5.64. The first kappa shape index (κ1) is 14.7. The molecule has 0 spiro atoms. The Labute approximate surface area is 153 Å². The van der Waals surface area contributed by atoms with E-state index in [-0.39, 0.29) is 0 Å². The third-order valence-corrected chi connectivity index (χ3v) is 6.14. The molecular weight excluding hydrogens is 350 g/mol. The molecule has 0 unspecified atom stereocenters. The second-order valence-electron chi connectivity index (χ2n) is 5.70. The summed E-state index contributed by atoms with van der Waals surface area (Å²) >= 11 is 3.36. The van der Waals surface area contributed by atoms with Gasteiger partial charge in [-0.3, -0.25) is 0 Å². The average Bonchev–Trinajstić information content (AvgIpc) is 3.33. The molecule has 0 radical (unpaired) electrons. The van der Waals surface area contributed by atoms with Crippen molar-refractivity contribution in [2.24, 2.45) is 0 Å². The largest absolute Gasteiger partial charge is 0.415 e. The number of hydrogen-bond acceptors (Lipinski definition) is 6. The van der Waals surface area contributed by atoms with Gasteiger partial charge in [-0.1, -0.05) is 30.0 Å². The van der Waals surface area contributed by atoms with Gasteiger partial charge in [0.15, 0.2) is 0 Å². The summed E-state index contributed by atoms with van der Waals surface area (Å²) in [6, 6.07) is 18.7. The smallest absolute Gasteiger partial charge is 0.258 e. The molecule has 5 rings (SSSR count). The highest BCUT2D eigenvalue weighted by Crippen LogP contribution is 2.48. The molecule has 3 heterocycles. The van der Waals surface area contributed by atoms with Crippen LogP contribution in [0.25, 0.3) is 22.2 Å². The van der Waals surface area contributed by atoms with Crippen LogP contribution in [0.4, 0.5) is 11.4 Å². The molecule has 2 aromatic carbocycles. The van der Waals surface area contributed by atoms with E-state index in [9.17, 15) is 0 Å². The number of thiophene rings is 1. The van der Waals surface area contributed by atoms with Gasteiger partial charge in [0.05, 0.1) is 16.3 Å². The minimum atomic E-state index is 0.549. The monoisotopic (exact) mass is 363 g/mol. The predicted molar refractivity (Wildman–Crippen MR) is 102 cm³/mol. The number of benzene rings is 2. The summed E-state index contributed by atoms with van der Waals surface area (Å²) in [7, 11) is 2.10. The standard InChI is InChI=1S/C19H13N3OS2/c1-22-13-5-2-3-6-15(13)25-17-11-12(8-9-14(17)22)18-20-21-19(23-18)16-7-4-10-24-16/h2-11H,1H3. The van der Waals surface area contributed by atoms with Gasteiger partial charge in [0.25, 0.3) is 5.89 Å². The fraction of sp³-hybridized carbons (Fsp3) is 0.0526. The van der Waals surface area contributed by atoms with Gasteiger partial charge in [-0.15, -0.1) is 21.5 Å². The Morgan fingerprint density at radius 1 is 0.880 bits per heavy atom. The van der Waals surface area contributed by atoms with Gasteiger partial charge in [0, 0.05) is 22.4 Å². The van der Waals surface area contributed by atoms with E-state index in [0.717, 1.165) is 10.4 Å². The van der Waals surface area contributed by atoms with Crippen molar-refractivity contribution in [2.45, 2.75) is 9.79 Å². The molecule has 0 N–H and O–H groups in total. The maximum Gasteiger partial charge on any atom is 0.258 e. The molecule has 0 bridgehead atoms. The predicted octanol–water partition coefficient (Wildman–Crippen LogP) is 5.70. The fourth-order valence-electron chi connectivity index (χ4n) is 2.91. The average molecular weight is 363 g/mol. The lowest BCUT2D eigenvalue weighted by Gasteiger charge is -2.29. The highest BCUT2D eigenvalue weighted by Gasteiger charge is 2.21. The van der Waals surface area contributed by atoms with Gasteiger partial charge >= 0.3 is 0 Å². The number of nitrogens with zero attached hydrogens (tertiary/aromatic N) is 3. The quantitative estimate of drug-likeness (QED) is 0.457. The van der Waals surface area contributed by atoms with Crippen molar-refractivity contribution in [1.82, 2.24) is 10.2 Å². The normalized spacial score (nSPS) is 12.8. The highest BCUT2D eigenvalue weighted by atomic mass is 32.2. The van der Waals surface area contributed by atoms with Gasteiger partial charge < -0.3 is 9.32 Å². The summed E-state index contributed by atoms with van der Waals surface area (Å²) in [5.74, 6) is 1.12. The van der Waals surface area contributed by atoms with E-state index >= 15 is 0 Å². The maximum absolute atomic E-state index is 5.87. The van der Waals surface area contributed by atoms with Crippen LogP contribution in [0.5, 0.6) is 0 Å². The van der Waals surface area contributed by atoms with Crippen LogP contribution in [0.3, 0.4) is 0 Å². The molecule has 0 aliphatic carbocycles. The Balaban J connectivity index is 1.54. The van der Waals surface area contributed by atoms with Crippen molar-refractivity contribution in [1.29, 1.82) is 0 Å². The molecule has 0 saturated heterocycles.